The van der Waals surface area contributed by atoms with Gasteiger partial charge in [-0.25, -0.2) is 4.68 Å². The van der Waals surface area contributed by atoms with Gasteiger partial charge in [-0.05, 0) is 69.0 Å². The maximum Gasteiger partial charge on any atom is 0.259 e. The molecule has 1 saturated carbocycles. The number of aliphatic hydroxyl groups excluding tert-OH is 1. The van der Waals surface area contributed by atoms with Crippen molar-refractivity contribution in [2.45, 2.75) is 44.1 Å². The predicted octanol–water partition coefficient (Wildman–Crippen LogP) is 3.53. The first kappa shape index (κ1) is 21.5. The fourth-order valence-corrected chi connectivity index (χ4v) is 4.09. The molecule has 164 valence electrons. The van der Waals surface area contributed by atoms with Crippen LogP contribution in [0.2, 0.25) is 0 Å². The number of anilines is 1. The number of hydrogen-bond acceptors (Lipinski definition) is 6. The zero-order valence-corrected chi connectivity index (χ0v) is 18.1. The topological polar surface area (TPSA) is 113 Å². The van der Waals surface area contributed by atoms with Crippen LogP contribution in [0.15, 0.2) is 48.8 Å². The summed E-state index contributed by atoms with van der Waals surface area (Å²) in [5.41, 5.74) is 2.53. The van der Waals surface area contributed by atoms with Crippen molar-refractivity contribution in [1.82, 2.24) is 14.8 Å². The standard InChI is InChI=1S/C24H25N5O3/c1-16-21(14-27-29(16)18-4-6-20(32-2)7-5-18)23(31)28-17-3-8-22(26-13-17)24(15-25)11-9-19(30)10-12-24/h3-8,13-14,19,30H,9-12H2,1-2H3,(H,28,31). The second-order valence-corrected chi connectivity index (χ2v) is 8.06. The Bertz CT molecular complexity index is 1140. The molecule has 1 amide bonds. The third kappa shape index (κ3) is 4.07. The average molecular weight is 431 g/mol. The minimum Gasteiger partial charge on any atom is -0.497 e. The Balaban J connectivity index is 1.49. The molecule has 2 heterocycles. The Morgan fingerprint density at radius 2 is 1.94 bits per heavy atom. The van der Waals surface area contributed by atoms with E-state index in [0.29, 0.717) is 48.3 Å². The maximum absolute atomic E-state index is 12.8. The van der Waals surface area contributed by atoms with Crippen molar-refractivity contribution < 1.29 is 14.6 Å². The summed E-state index contributed by atoms with van der Waals surface area (Å²) >= 11 is 0. The molecule has 0 atom stereocenters. The Morgan fingerprint density at radius 3 is 2.53 bits per heavy atom. The highest BCUT2D eigenvalue weighted by atomic mass is 16.5. The predicted molar refractivity (Wildman–Crippen MR) is 119 cm³/mol. The van der Waals surface area contributed by atoms with Crippen LogP contribution in [0, 0.1) is 18.3 Å². The van der Waals surface area contributed by atoms with Crippen LogP contribution in [0.1, 0.15) is 47.4 Å². The summed E-state index contributed by atoms with van der Waals surface area (Å²) in [6.45, 7) is 1.83. The first-order valence-corrected chi connectivity index (χ1v) is 10.5. The molecule has 0 bridgehead atoms. The van der Waals surface area contributed by atoms with Gasteiger partial charge in [0.15, 0.2) is 0 Å². The maximum atomic E-state index is 12.8. The molecule has 2 aromatic heterocycles. The molecule has 2 N–H and O–H groups in total. The lowest BCUT2D eigenvalue weighted by atomic mass is 9.72. The largest absolute Gasteiger partial charge is 0.497 e. The van der Waals surface area contributed by atoms with Crippen LogP contribution in [0.25, 0.3) is 5.69 Å². The number of carbonyl (C=O) groups excluding carboxylic acids is 1. The van der Waals surface area contributed by atoms with Crippen LogP contribution < -0.4 is 10.1 Å². The van der Waals surface area contributed by atoms with Gasteiger partial charge in [-0.2, -0.15) is 10.4 Å². The third-order valence-electron chi connectivity index (χ3n) is 6.11. The Labute approximate surface area is 186 Å². The van der Waals surface area contributed by atoms with Crippen molar-refractivity contribution in [1.29, 1.82) is 5.26 Å². The van der Waals surface area contributed by atoms with E-state index in [0.717, 1.165) is 11.4 Å². The Morgan fingerprint density at radius 1 is 1.22 bits per heavy atom. The van der Waals surface area contributed by atoms with E-state index in [9.17, 15) is 15.2 Å². The number of aromatic nitrogens is 3. The number of methoxy groups -OCH3 is 1. The molecule has 0 aliphatic heterocycles. The van der Waals surface area contributed by atoms with E-state index in [1.807, 2.05) is 31.2 Å². The number of hydrogen-bond donors (Lipinski definition) is 2. The average Bonchev–Trinajstić information content (AvgIpc) is 3.22. The molecule has 8 nitrogen and oxygen atoms in total. The van der Waals surface area contributed by atoms with Crippen molar-refractivity contribution in [2.75, 3.05) is 12.4 Å². The summed E-state index contributed by atoms with van der Waals surface area (Å²) < 4.78 is 6.88. The molecule has 0 saturated heterocycles. The van der Waals surface area contributed by atoms with E-state index >= 15 is 0 Å². The number of pyridine rings is 1. The summed E-state index contributed by atoms with van der Waals surface area (Å²) in [6, 6.07) is 13.4. The number of nitriles is 1. The molecule has 1 fully saturated rings. The highest BCUT2D eigenvalue weighted by molar-refractivity contribution is 6.04. The number of ether oxygens (including phenoxy) is 1. The van der Waals surface area contributed by atoms with Crippen LogP contribution >= 0.6 is 0 Å². The van der Waals surface area contributed by atoms with Gasteiger partial charge < -0.3 is 15.2 Å². The van der Waals surface area contributed by atoms with E-state index in [2.05, 4.69) is 21.5 Å². The van der Waals surface area contributed by atoms with Gasteiger partial charge in [0.05, 0.1) is 65.4 Å². The van der Waals surface area contributed by atoms with Crippen LogP contribution in [0.5, 0.6) is 5.75 Å². The second-order valence-electron chi connectivity index (χ2n) is 8.06. The van der Waals surface area contributed by atoms with Crippen LogP contribution in [-0.2, 0) is 5.41 Å². The van der Waals surface area contributed by atoms with Gasteiger partial charge in [-0.1, -0.05) is 0 Å². The Kier molecular flexibility index (Phi) is 5.93. The summed E-state index contributed by atoms with van der Waals surface area (Å²) in [4.78, 5) is 17.3. The van der Waals surface area contributed by atoms with E-state index in [1.54, 1.807) is 30.1 Å². The molecule has 1 aliphatic carbocycles. The molecule has 32 heavy (non-hydrogen) atoms. The molecule has 3 aromatic rings. The fourth-order valence-electron chi connectivity index (χ4n) is 4.09. The number of carbonyl (C=O) groups is 1. The molecular weight excluding hydrogens is 406 g/mol. The lowest BCUT2D eigenvalue weighted by Gasteiger charge is -2.32. The Hall–Kier alpha value is -3.70. The minimum absolute atomic E-state index is 0.285. The lowest BCUT2D eigenvalue weighted by molar-refractivity contribution is 0.102. The fraction of sp³-hybridized carbons (Fsp3) is 0.333. The van der Waals surface area contributed by atoms with E-state index in [4.69, 9.17) is 4.74 Å². The molecule has 4 rings (SSSR count). The summed E-state index contributed by atoms with van der Waals surface area (Å²) in [5, 5.41) is 26.7. The first-order valence-electron chi connectivity index (χ1n) is 10.5. The first-order chi connectivity index (χ1) is 15.5. The quantitative estimate of drug-likeness (QED) is 0.639. The van der Waals surface area contributed by atoms with Gasteiger partial charge >= 0.3 is 0 Å². The molecular formula is C24H25N5O3. The monoisotopic (exact) mass is 431 g/mol. The zero-order valence-electron chi connectivity index (χ0n) is 18.1. The van der Waals surface area contributed by atoms with Crippen LogP contribution in [-0.4, -0.2) is 39.0 Å². The smallest absolute Gasteiger partial charge is 0.259 e. The normalized spacial score (nSPS) is 20.4. The lowest BCUT2D eigenvalue weighted by Crippen LogP contribution is -2.33. The molecule has 1 aliphatic rings. The van der Waals surface area contributed by atoms with Crippen molar-refractivity contribution in [3.8, 4) is 17.5 Å². The van der Waals surface area contributed by atoms with Gasteiger partial charge in [0.2, 0.25) is 0 Å². The van der Waals surface area contributed by atoms with Crippen LogP contribution in [0.4, 0.5) is 5.69 Å². The van der Waals surface area contributed by atoms with E-state index in [-0.39, 0.29) is 12.0 Å². The molecule has 1 aromatic carbocycles. The summed E-state index contributed by atoms with van der Waals surface area (Å²) in [7, 11) is 1.61. The summed E-state index contributed by atoms with van der Waals surface area (Å²) in [5.74, 6) is 0.461. The molecule has 0 spiro atoms. The van der Waals surface area contributed by atoms with Gasteiger partial charge in [-0.3, -0.25) is 9.78 Å². The molecule has 0 unspecified atom stereocenters. The second kappa shape index (κ2) is 8.81. The number of rotatable bonds is 5. The highest BCUT2D eigenvalue weighted by Crippen LogP contribution is 2.38. The van der Waals surface area contributed by atoms with Gasteiger partial charge in [-0.15, -0.1) is 0 Å². The van der Waals surface area contributed by atoms with Gasteiger partial charge in [0.1, 0.15) is 5.75 Å². The number of nitrogens with one attached hydrogen (secondary N) is 1. The SMILES string of the molecule is COc1ccc(-n2ncc(C(=O)Nc3ccc(C4(C#N)CCC(O)CC4)nc3)c2C)cc1. The number of nitrogens with zero attached hydrogens (tertiary/aromatic N) is 4. The summed E-state index contributed by atoms with van der Waals surface area (Å²) in [6.07, 6.45) is 5.09. The number of amides is 1. The minimum atomic E-state index is -0.683. The number of benzene rings is 1. The highest BCUT2D eigenvalue weighted by Gasteiger charge is 2.37. The van der Waals surface area contributed by atoms with E-state index in [1.165, 1.54) is 6.20 Å². The van der Waals surface area contributed by atoms with Gasteiger partial charge in [0, 0.05) is 0 Å². The van der Waals surface area contributed by atoms with Crippen molar-refractivity contribution in [3.63, 3.8) is 0 Å². The van der Waals surface area contributed by atoms with Crippen molar-refractivity contribution in [2.24, 2.45) is 0 Å². The van der Waals surface area contributed by atoms with Crippen LogP contribution in [0.3, 0.4) is 0 Å². The van der Waals surface area contributed by atoms with Crippen molar-refractivity contribution in [3.05, 3.63) is 65.7 Å². The molecule has 8 heteroatoms. The molecule has 0 radical (unpaired) electrons. The number of aliphatic hydroxyl groups is 1. The third-order valence-corrected chi connectivity index (χ3v) is 6.11. The van der Waals surface area contributed by atoms with Crippen molar-refractivity contribution >= 4 is 11.6 Å². The van der Waals surface area contributed by atoms with E-state index < -0.39 is 5.41 Å². The van der Waals surface area contributed by atoms with Gasteiger partial charge in [0.25, 0.3) is 5.91 Å². The zero-order chi connectivity index (χ0) is 22.7.